The first-order chi connectivity index (χ1) is 7.74. The summed E-state index contributed by atoms with van der Waals surface area (Å²) >= 11 is 0. The number of morpholine rings is 1. The van der Waals surface area contributed by atoms with E-state index in [1.54, 1.807) is 7.11 Å². The summed E-state index contributed by atoms with van der Waals surface area (Å²) in [6, 6.07) is 0. The number of ether oxygens (including phenoxy) is 2. The number of fused-ring (bicyclic) bond motifs is 2. The van der Waals surface area contributed by atoms with Crippen LogP contribution in [0.25, 0.3) is 0 Å². The lowest BCUT2D eigenvalue weighted by molar-refractivity contribution is -0.0936. The lowest BCUT2D eigenvalue weighted by atomic mass is 9.93. The minimum absolute atomic E-state index is 0.0133. The minimum atomic E-state index is 0.0133. The topological polar surface area (TPSA) is 47.7 Å². The Morgan fingerprint density at radius 1 is 1.38 bits per heavy atom. The Morgan fingerprint density at radius 3 is 2.44 bits per heavy atom. The van der Waals surface area contributed by atoms with Gasteiger partial charge in [0, 0.05) is 26.7 Å². The zero-order valence-electron chi connectivity index (χ0n) is 10.4. The third kappa shape index (κ3) is 2.12. The number of nitrogens with two attached hydrogens (primary N) is 1. The van der Waals surface area contributed by atoms with Crippen LogP contribution in [0.3, 0.4) is 0 Å². The Hall–Kier alpha value is -0.160. The summed E-state index contributed by atoms with van der Waals surface area (Å²) in [4.78, 5) is 2.50. The van der Waals surface area contributed by atoms with Crippen molar-refractivity contribution in [3.05, 3.63) is 0 Å². The summed E-state index contributed by atoms with van der Waals surface area (Å²) in [6.07, 6.45) is 4.30. The quantitative estimate of drug-likeness (QED) is 0.749. The fraction of sp³-hybridized carbons (Fsp3) is 1.00. The molecule has 16 heavy (non-hydrogen) atoms. The third-order valence-electron chi connectivity index (χ3n) is 4.17. The highest BCUT2D eigenvalue weighted by atomic mass is 16.5. The van der Waals surface area contributed by atoms with E-state index < -0.39 is 0 Å². The first-order valence-electron chi connectivity index (χ1n) is 6.33. The number of methoxy groups -OCH3 is 1. The molecule has 0 aliphatic carbocycles. The molecule has 2 rings (SSSR count). The largest absolute Gasteiger partial charge is 0.383 e. The van der Waals surface area contributed by atoms with Crippen molar-refractivity contribution >= 4 is 0 Å². The van der Waals surface area contributed by atoms with E-state index in [-0.39, 0.29) is 5.54 Å². The molecule has 2 saturated heterocycles. The number of nitrogens with zero attached hydrogens (tertiary/aromatic N) is 1. The summed E-state index contributed by atoms with van der Waals surface area (Å²) in [5.41, 5.74) is 6.00. The predicted octanol–water partition coefficient (Wildman–Crippen LogP) is 0.604. The molecule has 0 aromatic carbocycles. The Labute approximate surface area is 98.1 Å². The van der Waals surface area contributed by atoms with Crippen LogP contribution in [-0.4, -0.2) is 56.0 Å². The molecular formula is C12H24N2O2. The maximum Gasteiger partial charge on any atom is 0.0707 e. The first-order valence-corrected chi connectivity index (χ1v) is 6.33. The van der Waals surface area contributed by atoms with Crippen LogP contribution < -0.4 is 5.73 Å². The van der Waals surface area contributed by atoms with Crippen molar-refractivity contribution in [2.24, 2.45) is 5.73 Å². The van der Waals surface area contributed by atoms with Crippen LogP contribution in [0, 0.1) is 0 Å². The van der Waals surface area contributed by atoms with Gasteiger partial charge < -0.3 is 15.2 Å². The van der Waals surface area contributed by atoms with Crippen molar-refractivity contribution in [3.63, 3.8) is 0 Å². The summed E-state index contributed by atoms with van der Waals surface area (Å²) in [5.74, 6) is 0. The highest BCUT2D eigenvalue weighted by Crippen LogP contribution is 2.31. The van der Waals surface area contributed by atoms with E-state index in [0.29, 0.717) is 18.8 Å². The molecular weight excluding hydrogens is 204 g/mol. The highest BCUT2D eigenvalue weighted by molar-refractivity contribution is 4.97. The first kappa shape index (κ1) is 12.3. The zero-order chi connectivity index (χ0) is 11.6. The molecule has 94 valence electrons. The SMILES string of the molecule is CCC(CN)(COC)N1CC2CCC(C1)O2. The Bertz CT molecular complexity index is 219. The number of rotatable bonds is 5. The van der Waals surface area contributed by atoms with Crippen LogP contribution >= 0.6 is 0 Å². The number of hydrogen-bond donors (Lipinski definition) is 1. The van der Waals surface area contributed by atoms with E-state index in [9.17, 15) is 0 Å². The van der Waals surface area contributed by atoms with Crippen molar-refractivity contribution < 1.29 is 9.47 Å². The smallest absolute Gasteiger partial charge is 0.0707 e. The van der Waals surface area contributed by atoms with Crippen LogP contribution in [0.4, 0.5) is 0 Å². The van der Waals surface area contributed by atoms with E-state index >= 15 is 0 Å². The fourth-order valence-electron chi connectivity index (χ4n) is 3.02. The zero-order valence-corrected chi connectivity index (χ0v) is 10.4. The van der Waals surface area contributed by atoms with Crippen LogP contribution in [0.2, 0.25) is 0 Å². The van der Waals surface area contributed by atoms with Crippen LogP contribution in [0.1, 0.15) is 26.2 Å². The van der Waals surface area contributed by atoms with E-state index in [0.717, 1.165) is 26.1 Å². The average molecular weight is 228 g/mol. The molecule has 3 atom stereocenters. The van der Waals surface area contributed by atoms with Gasteiger partial charge in [-0.2, -0.15) is 0 Å². The van der Waals surface area contributed by atoms with Crippen molar-refractivity contribution in [2.45, 2.75) is 43.9 Å². The van der Waals surface area contributed by atoms with Crippen molar-refractivity contribution in [3.8, 4) is 0 Å². The Morgan fingerprint density at radius 2 is 2.00 bits per heavy atom. The second-order valence-electron chi connectivity index (χ2n) is 5.08. The predicted molar refractivity (Wildman–Crippen MR) is 63.4 cm³/mol. The number of likely N-dealkylation sites (tertiary alicyclic amines) is 1. The molecule has 4 nitrogen and oxygen atoms in total. The molecule has 0 saturated carbocycles. The van der Waals surface area contributed by atoms with Gasteiger partial charge in [0.1, 0.15) is 0 Å². The lowest BCUT2D eigenvalue weighted by Crippen LogP contribution is -2.61. The molecule has 2 bridgehead atoms. The molecule has 2 aliphatic rings. The second-order valence-corrected chi connectivity index (χ2v) is 5.08. The molecule has 0 radical (unpaired) electrons. The Kier molecular flexibility index (Phi) is 3.85. The van der Waals surface area contributed by atoms with Gasteiger partial charge in [0.15, 0.2) is 0 Å². The Balaban J connectivity index is 2.07. The molecule has 0 spiro atoms. The summed E-state index contributed by atoms with van der Waals surface area (Å²) in [6.45, 7) is 5.62. The van der Waals surface area contributed by atoms with E-state index in [1.165, 1.54) is 12.8 Å². The molecule has 4 heteroatoms. The molecule has 2 fully saturated rings. The third-order valence-corrected chi connectivity index (χ3v) is 4.17. The molecule has 2 N–H and O–H groups in total. The summed E-state index contributed by atoms with van der Waals surface area (Å²) in [5, 5.41) is 0. The maximum absolute atomic E-state index is 5.98. The molecule has 0 aromatic heterocycles. The standard InChI is InChI=1S/C12H24N2O2/c1-3-12(8-13,9-15-2)14-6-10-4-5-11(7-14)16-10/h10-11H,3-9,13H2,1-2H3. The van der Waals surface area contributed by atoms with Gasteiger partial charge in [0.25, 0.3) is 0 Å². The van der Waals surface area contributed by atoms with E-state index in [1.807, 2.05) is 0 Å². The van der Waals surface area contributed by atoms with Gasteiger partial charge in [-0.1, -0.05) is 6.92 Å². The van der Waals surface area contributed by atoms with Gasteiger partial charge in [0.05, 0.1) is 24.4 Å². The monoisotopic (exact) mass is 228 g/mol. The normalized spacial score (nSPS) is 33.9. The van der Waals surface area contributed by atoms with Crippen LogP contribution in [-0.2, 0) is 9.47 Å². The van der Waals surface area contributed by atoms with E-state index in [2.05, 4.69) is 11.8 Å². The van der Waals surface area contributed by atoms with Crippen LogP contribution in [0.5, 0.6) is 0 Å². The lowest BCUT2D eigenvalue weighted by Gasteiger charge is -2.46. The molecule has 3 unspecified atom stereocenters. The van der Waals surface area contributed by atoms with Crippen molar-refractivity contribution in [1.29, 1.82) is 0 Å². The van der Waals surface area contributed by atoms with Crippen molar-refractivity contribution in [1.82, 2.24) is 4.90 Å². The molecule has 2 aliphatic heterocycles. The summed E-state index contributed by atoms with van der Waals surface area (Å²) in [7, 11) is 1.76. The van der Waals surface area contributed by atoms with Gasteiger partial charge in [-0.25, -0.2) is 0 Å². The van der Waals surface area contributed by atoms with Gasteiger partial charge in [-0.3, -0.25) is 4.90 Å². The van der Waals surface area contributed by atoms with Gasteiger partial charge in [-0.05, 0) is 19.3 Å². The van der Waals surface area contributed by atoms with Crippen LogP contribution in [0.15, 0.2) is 0 Å². The summed E-state index contributed by atoms with van der Waals surface area (Å²) < 4.78 is 11.2. The average Bonchev–Trinajstić information content (AvgIpc) is 2.65. The fourth-order valence-corrected chi connectivity index (χ4v) is 3.02. The van der Waals surface area contributed by atoms with E-state index in [4.69, 9.17) is 15.2 Å². The van der Waals surface area contributed by atoms with Gasteiger partial charge >= 0.3 is 0 Å². The maximum atomic E-state index is 5.98. The molecule has 0 aromatic rings. The number of hydrogen-bond acceptors (Lipinski definition) is 4. The highest BCUT2D eigenvalue weighted by Gasteiger charge is 2.42. The van der Waals surface area contributed by atoms with Crippen molar-refractivity contribution in [2.75, 3.05) is 33.4 Å². The molecule has 0 amide bonds. The second kappa shape index (κ2) is 5.00. The van der Waals surface area contributed by atoms with Gasteiger partial charge in [0.2, 0.25) is 0 Å². The van der Waals surface area contributed by atoms with Gasteiger partial charge in [-0.15, -0.1) is 0 Å². The minimum Gasteiger partial charge on any atom is -0.383 e. The molecule has 2 heterocycles.